The fourth-order valence-electron chi connectivity index (χ4n) is 3.43. The van der Waals surface area contributed by atoms with E-state index in [1.807, 2.05) is 0 Å². The number of methoxy groups -OCH3 is 1. The summed E-state index contributed by atoms with van der Waals surface area (Å²) in [6.45, 7) is 6.66. The highest BCUT2D eigenvalue weighted by Gasteiger charge is 2.29. The Morgan fingerprint density at radius 1 is 1.28 bits per heavy atom. The van der Waals surface area contributed by atoms with Gasteiger partial charge >= 0.3 is 0 Å². The Morgan fingerprint density at radius 2 is 1.96 bits per heavy atom. The molecule has 0 bridgehead atoms. The highest BCUT2D eigenvalue weighted by molar-refractivity contribution is 5.78. The molecule has 1 aromatic carbocycles. The van der Waals surface area contributed by atoms with Gasteiger partial charge in [-0.25, -0.2) is 4.39 Å². The van der Waals surface area contributed by atoms with Gasteiger partial charge in [-0.1, -0.05) is 0 Å². The van der Waals surface area contributed by atoms with Crippen LogP contribution in [0.1, 0.15) is 25.3 Å². The molecule has 1 N–H and O–H groups in total. The SMILES string of the molecule is COc1ccc(F)cc1CN1CCN(CC(=O)N[C@@H](C)C2CC2)CC1. The van der Waals surface area contributed by atoms with Crippen LogP contribution in [0, 0.1) is 11.7 Å². The zero-order valence-corrected chi connectivity index (χ0v) is 15.1. The predicted octanol–water partition coefficient (Wildman–Crippen LogP) is 1.87. The van der Waals surface area contributed by atoms with Gasteiger partial charge in [0.05, 0.1) is 13.7 Å². The summed E-state index contributed by atoms with van der Waals surface area (Å²) in [5, 5.41) is 3.11. The molecule has 3 rings (SSSR count). The molecular weight excluding hydrogens is 321 g/mol. The Hall–Kier alpha value is -1.66. The average molecular weight is 349 g/mol. The summed E-state index contributed by atoms with van der Waals surface area (Å²) < 4.78 is 18.8. The third-order valence-corrected chi connectivity index (χ3v) is 5.19. The predicted molar refractivity (Wildman–Crippen MR) is 95.0 cm³/mol. The van der Waals surface area contributed by atoms with Crippen molar-refractivity contribution >= 4 is 5.91 Å². The summed E-state index contributed by atoms with van der Waals surface area (Å²) in [5.74, 6) is 1.29. The zero-order chi connectivity index (χ0) is 17.8. The lowest BCUT2D eigenvalue weighted by molar-refractivity contribution is -0.123. The Balaban J connectivity index is 1.44. The lowest BCUT2D eigenvalue weighted by Crippen LogP contribution is -2.50. The number of carbonyl (C=O) groups excluding carboxylic acids is 1. The Kier molecular flexibility index (Phi) is 5.91. The van der Waals surface area contributed by atoms with Gasteiger partial charge in [0.15, 0.2) is 0 Å². The van der Waals surface area contributed by atoms with E-state index in [2.05, 4.69) is 22.0 Å². The van der Waals surface area contributed by atoms with Crippen molar-refractivity contribution in [1.82, 2.24) is 15.1 Å². The van der Waals surface area contributed by atoms with Crippen molar-refractivity contribution in [2.45, 2.75) is 32.4 Å². The smallest absolute Gasteiger partial charge is 0.234 e. The van der Waals surface area contributed by atoms with E-state index in [1.54, 1.807) is 13.2 Å². The van der Waals surface area contributed by atoms with Crippen LogP contribution in [0.15, 0.2) is 18.2 Å². The number of nitrogens with one attached hydrogen (secondary N) is 1. The van der Waals surface area contributed by atoms with E-state index in [1.165, 1.54) is 25.0 Å². The van der Waals surface area contributed by atoms with Crippen LogP contribution in [0.4, 0.5) is 4.39 Å². The number of hydrogen-bond acceptors (Lipinski definition) is 4. The van der Waals surface area contributed by atoms with Crippen molar-refractivity contribution in [3.63, 3.8) is 0 Å². The van der Waals surface area contributed by atoms with E-state index in [0.717, 1.165) is 37.5 Å². The maximum absolute atomic E-state index is 13.5. The van der Waals surface area contributed by atoms with E-state index < -0.39 is 0 Å². The standard InChI is InChI=1S/C19H28FN3O2/c1-14(15-3-4-15)21-19(24)13-23-9-7-22(8-10-23)12-16-11-17(20)5-6-18(16)25-2/h5-6,11,14-15H,3-4,7-10,12-13H2,1-2H3,(H,21,24)/t14-/m0/s1. The van der Waals surface area contributed by atoms with Crippen molar-refractivity contribution in [2.24, 2.45) is 5.92 Å². The van der Waals surface area contributed by atoms with Gasteiger partial charge in [-0.2, -0.15) is 0 Å². The lowest BCUT2D eigenvalue weighted by atomic mass is 10.1. The molecule has 5 nitrogen and oxygen atoms in total. The van der Waals surface area contributed by atoms with Gasteiger partial charge in [0.1, 0.15) is 11.6 Å². The second-order valence-corrected chi connectivity index (χ2v) is 7.20. The molecule has 25 heavy (non-hydrogen) atoms. The second-order valence-electron chi connectivity index (χ2n) is 7.20. The Labute approximate surface area is 149 Å². The number of amides is 1. The van der Waals surface area contributed by atoms with E-state index in [4.69, 9.17) is 4.74 Å². The van der Waals surface area contributed by atoms with E-state index >= 15 is 0 Å². The molecule has 1 aliphatic heterocycles. The van der Waals surface area contributed by atoms with Gasteiger partial charge in [0, 0.05) is 44.3 Å². The monoisotopic (exact) mass is 349 g/mol. The molecule has 0 unspecified atom stereocenters. The molecule has 1 aliphatic carbocycles. The molecule has 1 saturated heterocycles. The largest absolute Gasteiger partial charge is 0.496 e. The number of halogens is 1. The number of hydrogen-bond donors (Lipinski definition) is 1. The number of ether oxygens (including phenoxy) is 1. The molecule has 1 heterocycles. The third kappa shape index (κ3) is 5.16. The van der Waals surface area contributed by atoms with Gasteiger partial charge in [0.25, 0.3) is 0 Å². The minimum atomic E-state index is -0.240. The molecule has 138 valence electrons. The van der Waals surface area contributed by atoms with E-state index in [-0.39, 0.29) is 11.7 Å². The topological polar surface area (TPSA) is 44.8 Å². The molecule has 0 spiro atoms. The number of rotatable bonds is 7. The fourth-order valence-corrected chi connectivity index (χ4v) is 3.43. The molecule has 2 fully saturated rings. The quantitative estimate of drug-likeness (QED) is 0.816. The van der Waals surface area contributed by atoms with Gasteiger partial charge in [-0.15, -0.1) is 0 Å². The molecule has 0 aromatic heterocycles. The molecular formula is C19H28FN3O2. The summed E-state index contributed by atoms with van der Waals surface area (Å²) in [7, 11) is 1.61. The van der Waals surface area contributed by atoms with Crippen LogP contribution in [0.25, 0.3) is 0 Å². The summed E-state index contributed by atoms with van der Waals surface area (Å²) >= 11 is 0. The normalized spacial score (nSPS) is 20.3. The summed E-state index contributed by atoms with van der Waals surface area (Å²) in [5.41, 5.74) is 0.868. The van der Waals surface area contributed by atoms with Crippen molar-refractivity contribution in [3.8, 4) is 5.75 Å². The molecule has 1 atom stereocenters. The first-order chi connectivity index (χ1) is 12.0. The summed E-state index contributed by atoms with van der Waals surface area (Å²) in [4.78, 5) is 16.6. The van der Waals surface area contributed by atoms with Crippen molar-refractivity contribution in [3.05, 3.63) is 29.6 Å². The van der Waals surface area contributed by atoms with Crippen molar-refractivity contribution < 1.29 is 13.9 Å². The number of benzene rings is 1. The first-order valence-electron chi connectivity index (χ1n) is 9.11. The summed E-state index contributed by atoms with van der Waals surface area (Å²) in [6.07, 6.45) is 2.48. The third-order valence-electron chi connectivity index (χ3n) is 5.19. The second kappa shape index (κ2) is 8.15. The molecule has 0 radical (unpaired) electrons. The Morgan fingerprint density at radius 3 is 2.60 bits per heavy atom. The zero-order valence-electron chi connectivity index (χ0n) is 15.1. The van der Waals surface area contributed by atoms with Gasteiger partial charge in [0.2, 0.25) is 5.91 Å². The van der Waals surface area contributed by atoms with Crippen LogP contribution >= 0.6 is 0 Å². The average Bonchev–Trinajstić information content (AvgIpc) is 3.42. The molecule has 1 saturated carbocycles. The first kappa shape index (κ1) is 18.1. The van der Waals surface area contributed by atoms with E-state index in [9.17, 15) is 9.18 Å². The van der Waals surface area contributed by atoms with Crippen LogP contribution in [-0.2, 0) is 11.3 Å². The maximum atomic E-state index is 13.5. The molecule has 1 amide bonds. The van der Waals surface area contributed by atoms with Gasteiger partial charge in [-0.3, -0.25) is 14.6 Å². The number of carbonyl (C=O) groups is 1. The van der Waals surface area contributed by atoms with Crippen LogP contribution in [0.2, 0.25) is 0 Å². The minimum Gasteiger partial charge on any atom is -0.496 e. The highest BCUT2D eigenvalue weighted by Crippen LogP contribution is 2.32. The van der Waals surface area contributed by atoms with Crippen molar-refractivity contribution in [1.29, 1.82) is 0 Å². The van der Waals surface area contributed by atoms with Crippen molar-refractivity contribution in [2.75, 3.05) is 39.8 Å². The highest BCUT2D eigenvalue weighted by atomic mass is 19.1. The number of piperazine rings is 1. The molecule has 1 aromatic rings. The van der Waals surface area contributed by atoms with Crippen LogP contribution < -0.4 is 10.1 Å². The maximum Gasteiger partial charge on any atom is 0.234 e. The Bertz CT molecular complexity index is 598. The van der Waals surface area contributed by atoms with Crippen LogP contribution in [0.3, 0.4) is 0 Å². The summed E-state index contributed by atoms with van der Waals surface area (Å²) in [6, 6.07) is 4.93. The van der Waals surface area contributed by atoms with Crippen LogP contribution in [-0.4, -0.2) is 61.6 Å². The first-order valence-corrected chi connectivity index (χ1v) is 9.11. The van der Waals surface area contributed by atoms with Gasteiger partial charge in [-0.05, 0) is 43.9 Å². The lowest BCUT2D eigenvalue weighted by Gasteiger charge is -2.34. The number of nitrogens with zero attached hydrogens (tertiary/aromatic N) is 2. The van der Waals surface area contributed by atoms with Crippen LogP contribution in [0.5, 0.6) is 5.75 Å². The van der Waals surface area contributed by atoms with E-state index in [0.29, 0.717) is 25.0 Å². The van der Waals surface area contributed by atoms with Gasteiger partial charge < -0.3 is 10.1 Å². The fraction of sp³-hybridized carbons (Fsp3) is 0.632. The molecule has 2 aliphatic rings. The minimum absolute atomic E-state index is 0.125. The molecule has 6 heteroatoms.